The summed E-state index contributed by atoms with van der Waals surface area (Å²) in [6.07, 6.45) is 3.17. The van der Waals surface area contributed by atoms with Crippen molar-refractivity contribution in [2.24, 2.45) is 0 Å². The number of nitriles is 1. The van der Waals surface area contributed by atoms with Gasteiger partial charge in [0.05, 0.1) is 6.04 Å². The van der Waals surface area contributed by atoms with Gasteiger partial charge in [0, 0.05) is 5.56 Å². The molecule has 4 nitrogen and oxygen atoms in total. The van der Waals surface area contributed by atoms with Crippen molar-refractivity contribution in [1.82, 2.24) is 5.32 Å². The summed E-state index contributed by atoms with van der Waals surface area (Å²) >= 11 is 0. The SMILES string of the molecule is C=CCOc1ccccc1/C=C(\C#N)C(=O)NC(C)c1ccccc1. The maximum absolute atomic E-state index is 12.4. The average molecular weight is 332 g/mol. The van der Waals surface area contributed by atoms with Crippen LogP contribution in [0, 0.1) is 11.3 Å². The molecule has 126 valence electrons. The first-order chi connectivity index (χ1) is 12.2. The van der Waals surface area contributed by atoms with Crippen LogP contribution in [0.25, 0.3) is 6.08 Å². The Morgan fingerprint density at radius 2 is 1.92 bits per heavy atom. The van der Waals surface area contributed by atoms with Crippen molar-refractivity contribution in [1.29, 1.82) is 5.26 Å². The first-order valence-electron chi connectivity index (χ1n) is 7.96. The van der Waals surface area contributed by atoms with Gasteiger partial charge in [-0.15, -0.1) is 0 Å². The molecule has 2 aromatic rings. The summed E-state index contributed by atoms with van der Waals surface area (Å²) in [5.74, 6) is 0.177. The van der Waals surface area contributed by atoms with Crippen LogP contribution in [-0.4, -0.2) is 12.5 Å². The van der Waals surface area contributed by atoms with Crippen LogP contribution in [0.2, 0.25) is 0 Å². The van der Waals surface area contributed by atoms with Gasteiger partial charge in [0.15, 0.2) is 0 Å². The zero-order chi connectivity index (χ0) is 18.1. The van der Waals surface area contributed by atoms with Gasteiger partial charge in [-0.2, -0.15) is 5.26 Å². The van der Waals surface area contributed by atoms with E-state index >= 15 is 0 Å². The zero-order valence-electron chi connectivity index (χ0n) is 14.1. The van der Waals surface area contributed by atoms with E-state index in [0.29, 0.717) is 17.9 Å². The minimum absolute atomic E-state index is 0.0254. The third-order valence-corrected chi connectivity index (χ3v) is 3.59. The van der Waals surface area contributed by atoms with E-state index in [0.717, 1.165) is 5.56 Å². The lowest BCUT2D eigenvalue weighted by atomic mass is 10.1. The molecule has 0 aliphatic carbocycles. The van der Waals surface area contributed by atoms with E-state index in [4.69, 9.17) is 4.74 Å². The molecular formula is C21H20N2O2. The summed E-state index contributed by atoms with van der Waals surface area (Å²) in [7, 11) is 0. The second-order valence-electron chi connectivity index (χ2n) is 5.41. The van der Waals surface area contributed by atoms with Crippen molar-refractivity contribution in [3.8, 4) is 11.8 Å². The minimum atomic E-state index is -0.419. The van der Waals surface area contributed by atoms with Crippen LogP contribution >= 0.6 is 0 Å². The second-order valence-corrected chi connectivity index (χ2v) is 5.41. The van der Waals surface area contributed by atoms with E-state index in [-0.39, 0.29) is 11.6 Å². The maximum atomic E-state index is 12.4. The number of hydrogen-bond donors (Lipinski definition) is 1. The molecule has 1 unspecified atom stereocenters. The van der Waals surface area contributed by atoms with Crippen LogP contribution in [0.4, 0.5) is 0 Å². The lowest BCUT2D eigenvalue weighted by molar-refractivity contribution is -0.117. The first kappa shape index (κ1) is 18.0. The van der Waals surface area contributed by atoms with Crippen molar-refractivity contribution in [2.45, 2.75) is 13.0 Å². The van der Waals surface area contributed by atoms with Gasteiger partial charge < -0.3 is 10.1 Å². The molecule has 0 radical (unpaired) electrons. The lowest BCUT2D eigenvalue weighted by Crippen LogP contribution is -2.27. The predicted molar refractivity (Wildman–Crippen MR) is 98.7 cm³/mol. The van der Waals surface area contributed by atoms with Gasteiger partial charge in [-0.1, -0.05) is 61.2 Å². The molecule has 4 heteroatoms. The maximum Gasteiger partial charge on any atom is 0.262 e. The summed E-state index contributed by atoms with van der Waals surface area (Å²) in [4.78, 5) is 12.4. The third-order valence-electron chi connectivity index (χ3n) is 3.59. The smallest absolute Gasteiger partial charge is 0.262 e. The summed E-state index contributed by atoms with van der Waals surface area (Å²) in [6.45, 7) is 5.84. The Morgan fingerprint density at radius 1 is 1.24 bits per heavy atom. The Bertz CT molecular complexity index is 804. The summed E-state index contributed by atoms with van der Waals surface area (Å²) in [5, 5.41) is 12.2. The molecule has 0 spiro atoms. The third kappa shape index (κ3) is 5.08. The van der Waals surface area contributed by atoms with Gasteiger partial charge in [-0.3, -0.25) is 4.79 Å². The number of ether oxygens (including phenoxy) is 1. The van der Waals surface area contributed by atoms with Crippen LogP contribution in [0.15, 0.2) is 72.8 Å². The number of para-hydroxylation sites is 1. The molecule has 0 heterocycles. The predicted octanol–water partition coefficient (Wildman–Crippen LogP) is 4.04. The highest BCUT2D eigenvalue weighted by atomic mass is 16.5. The highest BCUT2D eigenvalue weighted by Crippen LogP contribution is 2.21. The molecule has 0 aliphatic heterocycles. The molecule has 1 N–H and O–H groups in total. The van der Waals surface area contributed by atoms with Crippen molar-refractivity contribution in [2.75, 3.05) is 6.61 Å². The topological polar surface area (TPSA) is 62.1 Å². The summed E-state index contributed by atoms with van der Waals surface area (Å²) in [6, 6.07) is 18.6. The number of nitrogens with one attached hydrogen (secondary N) is 1. The van der Waals surface area contributed by atoms with Crippen LogP contribution in [-0.2, 0) is 4.79 Å². The fourth-order valence-electron chi connectivity index (χ4n) is 2.28. The lowest BCUT2D eigenvalue weighted by Gasteiger charge is -2.14. The Kier molecular flexibility index (Phi) is 6.56. The van der Waals surface area contributed by atoms with Gasteiger partial charge in [0.25, 0.3) is 5.91 Å². The number of rotatable bonds is 7. The zero-order valence-corrected chi connectivity index (χ0v) is 14.1. The fraction of sp³-hybridized carbons (Fsp3) is 0.143. The molecule has 0 aromatic heterocycles. The molecule has 0 saturated carbocycles. The van der Waals surface area contributed by atoms with Gasteiger partial charge in [0.2, 0.25) is 0 Å². The molecular weight excluding hydrogens is 312 g/mol. The van der Waals surface area contributed by atoms with Crippen molar-refractivity contribution in [3.05, 3.63) is 84.0 Å². The number of carbonyl (C=O) groups excluding carboxylic acids is 1. The molecule has 0 bridgehead atoms. The Labute approximate surface area is 148 Å². The molecule has 2 aromatic carbocycles. The summed E-state index contributed by atoms with van der Waals surface area (Å²) in [5.41, 5.74) is 1.67. The van der Waals surface area contributed by atoms with Crippen LogP contribution in [0.3, 0.4) is 0 Å². The first-order valence-corrected chi connectivity index (χ1v) is 7.96. The number of nitrogens with zero attached hydrogens (tertiary/aromatic N) is 1. The molecule has 0 aliphatic rings. The molecule has 0 fully saturated rings. The fourth-order valence-corrected chi connectivity index (χ4v) is 2.28. The quantitative estimate of drug-likeness (QED) is 0.473. The Morgan fingerprint density at radius 3 is 2.60 bits per heavy atom. The van der Waals surface area contributed by atoms with E-state index in [2.05, 4.69) is 11.9 Å². The minimum Gasteiger partial charge on any atom is -0.489 e. The Balaban J connectivity index is 2.19. The molecule has 1 atom stereocenters. The molecule has 2 rings (SSSR count). The highest BCUT2D eigenvalue weighted by Gasteiger charge is 2.14. The number of benzene rings is 2. The van der Waals surface area contributed by atoms with E-state index in [1.54, 1.807) is 18.2 Å². The number of hydrogen-bond acceptors (Lipinski definition) is 3. The van der Waals surface area contributed by atoms with Gasteiger partial charge in [-0.05, 0) is 24.6 Å². The average Bonchev–Trinajstić information content (AvgIpc) is 2.65. The molecule has 25 heavy (non-hydrogen) atoms. The van der Waals surface area contributed by atoms with Gasteiger partial charge in [-0.25, -0.2) is 0 Å². The molecule has 0 saturated heterocycles. The van der Waals surface area contributed by atoms with E-state index in [1.807, 2.05) is 55.5 Å². The van der Waals surface area contributed by atoms with Crippen LogP contribution in [0.5, 0.6) is 5.75 Å². The number of carbonyl (C=O) groups is 1. The van der Waals surface area contributed by atoms with Crippen LogP contribution < -0.4 is 10.1 Å². The largest absolute Gasteiger partial charge is 0.489 e. The van der Waals surface area contributed by atoms with Crippen molar-refractivity contribution < 1.29 is 9.53 Å². The molecule has 1 amide bonds. The monoisotopic (exact) mass is 332 g/mol. The normalized spacial score (nSPS) is 11.9. The standard InChI is InChI=1S/C21H20N2O2/c1-3-13-25-20-12-8-7-11-18(20)14-19(15-22)21(24)23-16(2)17-9-5-4-6-10-17/h3-12,14,16H,1,13H2,2H3,(H,23,24)/b19-14+. The van der Waals surface area contributed by atoms with E-state index in [1.165, 1.54) is 6.08 Å². The Hall–Kier alpha value is -3.32. The van der Waals surface area contributed by atoms with Gasteiger partial charge >= 0.3 is 0 Å². The van der Waals surface area contributed by atoms with Crippen molar-refractivity contribution in [3.63, 3.8) is 0 Å². The van der Waals surface area contributed by atoms with Gasteiger partial charge in [0.1, 0.15) is 24.0 Å². The second kappa shape index (κ2) is 9.09. The van der Waals surface area contributed by atoms with Crippen molar-refractivity contribution >= 4 is 12.0 Å². The van der Waals surface area contributed by atoms with E-state index in [9.17, 15) is 10.1 Å². The number of amides is 1. The summed E-state index contributed by atoms with van der Waals surface area (Å²) < 4.78 is 5.56. The van der Waals surface area contributed by atoms with Crippen LogP contribution in [0.1, 0.15) is 24.1 Å². The van der Waals surface area contributed by atoms with E-state index < -0.39 is 5.91 Å². The highest BCUT2D eigenvalue weighted by molar-refractivity contribution is 6.02.